The number of allylic oxidation sites excluding steroid dienone is 6. The molecule has 1 heteroatoms. The Labute approximate surface area is 86.1 Å². The highest BCUT2D eigenvalue weighted by Gasteiger charge is 1.94. The number of hydrogen-bond donors (Lipinski definition) is 0. The van der Waals surface area contributed by atoms with E-state index in [9.17, 15) is 0 Å². The number of hydrogen-bond acceptors (Lipinski definition) is 1. The molecule has 0 saturated heterocycles. The Morgan fingerprint density at radius 3 is 2.23 bits per heavy atom. The maximum absolute atomic E-state index is 3.94. The summed E-state index contributed by atoms with van der Waals surface area (Å²) in [6.07, 6.45) is 10.5. The lowest BCUT2D eigenvalue weighted by Crippen LogP contribution is -1.80. The van der Waals surface area contributed by atoms with Crippen molar-refractivity contribution in [2.24, 2.45) is 0 Å². The summed E-state index contributed by atoms with van der Waals surface area (Å²) in [5.74, 6) is 0. The molecule has 0 unspecified atom stereocenters. The third-order valence-corrected chi connectivity index (χ3v) is 2.48. The van der Waals surface area contributed by atoms with Gasteiger partial charge in [-0.05, 0) is 38.7 Å². The van der Waals surface area contributed by atoms with Crippen LogP contribution in [0.3, 0.4) is 0 Å². The summed E-state index contributed by atoms with van der Waals surface area (Å²) in [7, 11) is 0. The summed E-state index contributed by atoms with van der Waals surface area (Å²) < 4.78 is 0. The Bertz CT molecular complexity index is 254. The van der Waals surface area contributed by atoms with Crippen molar-refractivity contribution in [1.29, 1.82) is 0 Å². The van der Waals surface area contributed by atoms with Crippen molar-refractivity contribution in [1.82, 2.24) is 0 Å². The lowest BCUT2D eigenvalue weighted by atomic mass is 10.1. The van der Waals surface area contributed by atoms with Crippen LogP contribution in [0, 0.1) is 0 Å². The summed E-state index contributed by atoms with van der Waals surface area (Å²) in [5, 5.41) is 0. The average Bonchev–Trinajstić information content (AvgIpc) is 2.11. The van der Waals surface area contributed by atoms with Crippen LogP contribution in [0.2, 0.25) is 0 Å². The van der Waals surface area contributed by atoms with Crippen LogP contribution in [-0.2, 0) is 0 Å². The van der Waals surface area contributed by atoms with Crippen molar-refractivity contribution in [2.75, 3.05) is 6.26 Å². The molecule has 0 rings (SSSR count). The number of rotatable bonds is 4. The summed E-state index contributed by atoms with van der Waals surface area (Å²) in [6.45, 7) is 10.0. The van der Waals surface area contributed by atoms with Crippen LogP contribution in [0.15, 0.2) is 46.9 Å². The zero-order chi connectivity index (χ0) is 10.3. The molecular weight excluding hydrogens is 176 g/mol. The molecule has 0 atom stereocenters. The lowest BCUT2D eigenvalue weighted by molar-refractivity contribution is 1.44. The van der Waals surface area contributed by atoms with Gasteiger partial charge in [0.1, 0.15) is 0 Å². The van der Waals surface area contributed by atoms with E-state index >= 15 is 0 Å². The first-order chi connectivity index (χ1) is 6.15. The van der Waals surface area contributed by atoms with E-state index in [2.05, 4.69) is 31.1 Å². The topological polar surface area (TPSA) is 0 Å². The van der Waals surface area contributed by atoms with Crippen LogP contribution in [0.4, 0.5) is 0 Å². The molecule has 72 valence electrons. The van der Waals surface area contributed by atoms with E-state index < -0.39 is 0 Å². The molecule has 13 heavy (non-hydrogen) atoms. The fourth-order valence-corrected chi connectivity index (χ4v) is 1.39. The molecule has 0 aliphatic carbocycles. The fraction of sp³-hybridized carbons (Fsp3) is 0.333. The van der Waals surface area contributed by atoms with Gasteiger partial charge in [0, 0.05) is 4.91 Å². The minimum absolute atomic E-state index is 1.10. The highest BCUT2D eigenvalue weighted by molar-refractivity contribution is 8.02. The first-order valence-corrected chi connectivity index (χ1v) is 5.58. The van der Waals surface area contributed by atoms with Crippen LogP contribution < -0.4 is 0 Å². The van der Waals surface area contributed by atoms with Crippen LogP contribution in [-0.4, -0.2) is 6.26 Å². The van der Waals surface area contributed by atoms with E-state index in [4.69, 9.17) is 0 Å². The largest absolute Gasteiger partial charge is 0.130 e. The SMILES string of the molecule is C=C(C)C(/C=C\C)=C\C(=C/C)SC. The smallest absolute Gasteiger partial charge is 0.00324 e. The maximum Gasteiger partial charge on any atom is 0.00324 e. The van der Waals surface area contributed by atoms with Gasteiger partial charge in [0.15, 0.2) is 0 Å². The molecule has 0 heterocycles. The van der Waals surface area contributed by atoms with Crippen LogP contribution in [0.5, 0.6) is 0 Å². The highest BCUT2D eigenvalue weighted by atomic mass is 32.2. The summed E-state index contributed by atoms with van der Waals surface area (Å²) >= 11 is 1.75. The van der Waals surface area contributed by atoms with E-state index in [-0.39, 0.29) is 0 Å². The van der Waals surface area contributed by atoms with Crippen molar-refractivity contribution >= 4 is 11.8 Å². The molecule has 0 spiro atoms. The van der Waals surface area contributed by atoms with Crippen molar-refractivity contribution in [3.63, 3.8) is 0 Å². The molecule has 0 aliphatic rings. The molecule has 0 N–H and O–H groups in total. The molecule has 0 aliphatic heterocycles. The first-order valence-electron chi connectivity index (χ1n) is 4.36. The molecule has 0 bridgehead atoms. The van der Waals surface area contributed by atoms with E-state index in [1.54, 1.807) is 11.8 Å². The summed E-state index contributed by atoms with van der Waals surface area (Å²) in [5.41, 5.74) is 2.30. The highest BCUT2D eigenvalue weighted by Crippen LogP contribution is 2.18. The average molecular weight is 194 g/mol. The van der Waals surface area contributed by atoms with E-state index in [1.807, 2.05) is 26.8 Å². The minimum atomic E-state index is 1.10. The second-order valence-electron chi connectivity index (χ2n) is 2.78. The molecule has 0 saturated carbocycles. The Hall–Kier alpha value is -0.690. The Balaban J connectivity index is 4.82. The van der Waals surface area contributed by atoms with Crippen LogP contribution in [0.1, 0.15) is 20.8 Å². The second kappa shape index (κ2) is 6.79. The van der Waals surface area contributed by atoms with Gasteiger partial charge in [-0.25, -0.2) is 0 Å². The number of thioether (sulfide) groups is 1. The van der Waals surface area contributed by atoms with E-state index in [0.717, 1.165) is 5.57 Å². The molecule has 0 radical (unpaired) electrons. The Morgan fingerprint density at radius 1 is 1.31 bits per heavy atom. The zero-order valence-electron chi connectivity index (χ0n) is 8.92. The standard InChI is InChI=1S/C12H18S/c1-6-8-11(10(3)4)9-12(7-2)13-5/h6-9H,3H2,1-2,4-5H3/b8-6-,11-9-,12-7+. The van der Waals surface area contributed by atoms with Crippen molar-refractivity contribution in [2.45, 2.75) is 20.8 Å². The first kappa shape index (κ1) is 12.3. The third-order valence-electron chi connectivity index (χ3n) is 1.66. The molecule has 0 aromatic rings. The molecule has 0 aromatic carbocycles. The molecule has 0 nitrogen and oxygen atoms in total. The van der Waals surface area contributed by atoms with Gasteiger partial charge in [-0.1, -0.05) is 30.4 Å². The zero-order valence-corrected chi connectivity index (χ0v) is 9.74. The van der Waals surface area contributed by atoms with Gasteiger partial charge in [0.2, 0.25) is 0 Å². The van der Waals surface area contributed by atoms with Gasteiger partial charge >= 0.3 is 0 Å². The molecular formula is C12H18S. The quantitative estimate of drug-likeness (QED) is 0.600. The van der Waals surface area contributed by atoms with Gasteiger partial charge in [-0.3, -0.25) is 0 Å². The summed E-state index contributed by atoms with van der Waals surface area (Å²) in [4.78, 5) is 1.27. The normalized spacial score (nSPS) is 13.8. The Morgan fingerprint density at radius 2 is 1.92 bits per heavy atom. The Kier molecular flexibility index (Phi) is 6.43. The maximum atomic E-state index is 3.94. The third kappa shape index (κ3) is 4.79. The van der Waals surface area contributed by atoms with Crippen LogP contribution >= 0.6 is 11.8 Å². The monoisotopic (exact) mass is 194 g/mol. The van der Waals surface area contributed by atoms with Gasteiger partial charge in [-0.15, -0.1) is 11.8 Å². The van der Waals surface area contributed by atoms with E-state index in [0.29, 0.717) is 0 Å². The van der Waals surface area contributed by atoms with Crippen LogP contribution in [0.25, 0.3) is 0 Å². The van der Waals surface area contributed by atoms with Crippen molar-refractivity contribution < 1.29 is 0 Å². The van der Waals surface area contributed by atoms with E-state index in [1.165, 1.54) is 10.5 Å². The second-order valence-corrected chi connectivity index (χ2v) is 3.65. The molecule has 0 amide bonds. The lowest BCUT2D eigenvalue weighted by Gasteiger charge is -2.02. The minimum Gasteiger partial charge on any atom is -0.130 e. The molecule has 0 aromatic heterocycles. The fourth-order valence-electron chi connectivity index (χ4n) is 0.907. The van der Waals surface area contributed by atoms with Crippen molar-refractivity contribution in [3.8, 4) is 0 Å². The van der Waals surface area contributed by atoms with Gasteiger partial charge in [0.25, 0.3) is 0 Å². The van der Waals surface area contributed by atoms with Crippen molar-refractivity contribution in [3.05, 3.63) is 46.9 Å². The summed E-state index contributed by atoms with van der Waals surface area (Å²) in [6, 6.07) is 0. The predicted molar refractivity (Wildman–Crippen MR) is 65.0 cm³/mol. The van der Waals surface area contributed by atoms with Gasteiger partial charge < -0.3 is 0 Å². The van der Waals surface area contributed by atoms with Gasteiger partial charge in [-0.2, -0.15) is 0 Å². The van der Waals surface area contributed by atoms with Gasteiger partial charge in [0.05, 0.1) is 0 Å². The predicted octanol–water partition coefficient (Wildman–Crippen LogP) is 4.33. The molecule has 0 fully saturated rings.